The predicted molar refractivity (Wildman–Crippen MR) is 116 cm³/mol. The van der Waals surface area contributed by atoms with Crippen LogP contribution in [0.5, 0.6) is 0 Å². The van der Waals surface area contributed by atoms with E-state index in [0.717, 1.165) is 14.9 Å². The Morgan fingerprint density at radius 3 is 2.86 bits per heavy atom. The summed E-state index contributed by atoms with van der Waals surface area (Å²) in [6.07, 6.45) is 0.524. The van der Waals surface area contributed by atoms with Gasteiger partial charge in [-0.3, -0.25) is 9.59 Å². The molecule has 3 rings (SSSR count). The second-order valence-corrected chi connectivity index (χ2v) is 9.63. The van der Waals surface area contributed by atoms with Gasteiger partial charge in [-0.05, 0) is 58.2 Å². The Labute approximate surface area is 180 Å². The summed E-state index contributed by atoms with van der Waals surface area (Å²) >= 11 is 3.16. The second kappa shape index (κ2) is 8.34. The van der Waals surface area contributed by atoms with E-state index in [1.54, 1.807) is 12.1 Å². The number of hydrogen-bond acceptors (Lipinski definition) is 5. The number of benzene rings is 1. The van der Waals surface area contributed by atoms with Gasteiger partial charge in [-0.15, -0.1) is 11.3 Å². The van der Waals surface area contributed by atoms with Crippen LogP contribution in [0.15, 0.2) is 18.2 Å². The van der Waals surface area contributed by atoms with Gasteiger partial charge in [-0.2, -0.15) is 0 Å². The van der Waals surface area contributed by atoms with E-state index in [4.69, 9.17) is 5.11 Å². The monoisotopic (exact) mass is 517 g/mol. The first-order chi connectivity index (χ1) is 13.2. The number of aliphatic hydroxyl groups excluding tert-OH is 1. The number of thiophene rings is 1. The van der Waals surface area contributed by atoms with Gasteiger partial charge in [-0.25, -0.2) is 4.39 Å². The van der Waals surface area contributed by atoms with E-state index in [9.17, 15) is 14.0 Å². The number of nitrogens with one attached hydrogen (secondary N) is 3. The maximum atomic E-state index is 14.3. The summed E-state index contributed by atoms with van der Waals surface area (Å²) in [6.45, 7) is 4.43. The van der Waals surface area contributed by atoms with Crippen LogP contribution < -0.4 is 16.0 Å². The van der Waals surface area contributed by atoms with Gasteiger partial charge in [0.05, 0.1) is 22.7 Å². The molecule has 2 amide bonds. The van der Waals surface area contributed by atoms with Crippen LogP contribution in [0.2, 0.25) is 0 Å². The molecule has 2 heterocycles. The van der Waals surface area contributed by atoms with Crippen molar-refractivity contribution in [2.45, 2.75) is 20.3 Å². The fourth-order valence-electron chi connectivity index (χ4n) is 3.06. The topological polar surface area (TPSA) is 90.5 Å². The molecule has 6 nitrogen and oxygen atoms in total. The summed E-state index contributed by atoms with van der Waals surface area (Å²) in [5.41, 5.74) is 0.970. The lowest BCUT2D eigenvalue weighted by Crippen LogP contribution is -2.32. The largest absolute Gasteiger partial charge is 0.395 e. The molecule has 0 fully saturated rings. The molecule has 0 aliphatic carbocycles. The first kappa shape index (κ1) is 21.0. The van der Waals surface area contributed by atoms with E-state index in [0.29, 0.717) is 34.0 Å². The number of amides is 2. The number of rotatable bonds is 5. The minimum Gasteiger partial charge on any atom is -0.395 e. The van der Waals surface area contributed by atoms with E-state index in [1.165, 1.54) is 6.07 Å². The minimum atomic E-state index is -0.443. The van der Waals surface area contributed by atoms with E-state index < -0.39 is 11.7 Å². The zero-order valence-corrected chi connectivity index (χ0v) is 18.5. The van der Waals surface area contributed by atoms with Gasteiger partial charge in [0.2, 0.25) is 0 Å². The molecule has 2 aromatic rings. The average molecular weight is 517 g/mol. The number of carbonyl (C=O) groups is 2. The highest BCUT2D eigenvalue weighted by Gasteiger charge is 2.34. The highest BCUT2D eigenvalue weighted by atomic mass is 127. The molecule has 0 spiro atoms. The Balaban J connectivity index is 2.09. The first-order valence-electron chi connectivity index (χ1n) is 8.77. The Morgan fingerprint density at radius 2 is 2.18 bits per heavy atom. The number of halogens is 2. The van der Waals surface area contributed by atoms with Crippen molar-refractivity contribution >= 4 is 56.4 Å². The van der Waals surface area contributed by atoms with E-state index in [1.807, 2.05) is 36.4 Å². The highest BCUT2D eigenvalue weighted by molar-refractivity contribution is 14.1. The minimum absolute atomic E-state index is 0.0936. The fourth-order valence-corrected chi connectivity index (χ4v) is 4.66. The summed E-state index contributed by atoms with van der Waals surface area (Å²) in [4.78, 5) is 25.9. The molecular weight excluding hydrogens is 496 g/mol. The lowest BCUT2D eigenvalue weighted by atomic mass is 9.85. The number of fused-ring (bicyclic) bond motifs is 1. The molecule has 0 saturated heterocycles. The lowest BCUT2D eigenvalue weighted by Gasteiger charge is -2.22. The molecule has 0 unspecified atom stereocenters. The van der Waals surface area contributed by atoms with Crippen LogP contribution in [0.3, 0.4) is 0 Å². The van der Waals surface area contributed by atoms with Gasteiger partial charge in [0.1, 0.15) is 10.8 Å². The molecule has 1 aromatic heterocycles. The van der Waals surface area contributed by atoms with Crippen LogP contribution in [-0.4, -0.2) is 36.6 Å². The average Bonchev–Trinajstić information content (AvgIpc) is 2.92. The first-order valence-corrected chi connectivity index (χ1v) is 10.7. The molecular formula is C19H21FIN3O3S. The second-order valence-electron chi connectivity index (χ2n) is 7.37. The SMILES string of the molecule is CC1(C)CNC(=O)c2sc(Nc3ccc(I)cc3F)c(C(=O)NCCO)c2C1. The van der Waals surface area contributed by atoms with E-state index in [-0.39, 0.29) is 30.2 Å². The Bertz CT molecular complexity index is 929. The number of hydrogen-bond donors (Lipinski definition) is 4. The van der Waals surface area contributed by atoms with Crippen molar-refractivity contribution in [2.24, 2.45) is 5.41 Å². The quantitative estimate of drug-likeness (QED) is 0.459. The van der Waals surface area contributed by atoms with Crippen LogP contribution in [0.4, 0.5) is 15.1 Å². The van der Waals surface area contributed by atoms with Crippen LogP contribution in [0, 0.1) is 14.8 Å². The third-order valence-electron chi connectivity index (χ3n) is 4.40. The summed E-state index contributed by atoms with van der Waals surface area (Å²) in [6, 6.07) is 4.75. The maximum absolute atomic E-state index is 14.3. The van der Waals surface area contributed by atoms with Gasteiger partial charge in [0.15, 0.2) is 0 Å². The number of anilines is 2. The lowest BCUT2D eigenvalue weighted by molar-refractivity contribution is 0.0941. The maximum Gasteiger partial charge on any atom is 0.261 e. The van der Waals surface area contributed by atoms with Crippen molar-refractivity contribution in [3.05, 3.63) is 43.6 Å². The molecule has 0 saturated carbocycles. The zero-order valence-electron chi connectivity index (χ0n) is 15.5. The third-order valence-corrected chi connectivity index (χ3v) is 6.22. The molecule has 0 radical (unpaired) electrons. The highest BCUT2D eigenvalue weighted by Crippen LogP contribution is 2.40. The molecule has 1 aromatic carbocycles. The molecule has 4 N–H and O–H groups in total. The van der Waals surface area contributed by atoms with Crippen molar-refractivity contribution in [2.75, 3.05) is 25.0 Å². The van der Waals surface area contributed by atoms with Gasteiger partial charge < -0.3 is 21.1 Å². The molecule has 1 aliphatic heterocycles. The Kier molecular flexibility index (Phi) is 6.25. The summed E-state index contributed by atoms with van der Waals surface area (Å²) in [5, 5.41) is 18.0. The van der Waals surface area contributed by atoms with Gasteiger partial charge in [0, 0.05) is 16.7 Å². The van der Waals surface area contributed by atoms with Gasteiger partial charge in [-0.1, -0.05) is 13.8 Å². The van der Waals surface area contributed by atoms with E-state index in [2.05, 4.69) is 16.0 Å². The molecule has 1 aliphatic rings. The predicted octanol–water partition coefficient (Wildman–Crippen LogP) is 3.27. The van der Waals surface area contributed by atoms with Crippen molar-refractivity contribution < 1.29 is 19.1 Å². The summed E-state index contributed by atoms with van der Waals surface area (Å²) in [7, 11) is 0. The van der Waals surface area contributed by atoms with Crippen molar-refractivity contribution in [3.63, 3.8) is 0 Å². The van der Waals surface area contributed by atoms with E-state index >= 15 is 0 Å². The van der Waals surface area contributed by atoms with Gasteiger partial charge >= 0.3 is 0 Å². The summed E-state index contributed by atoms with van der Waals surface area (Å²) < 4.78 is 15.1. The van der Waals surface area contributed by atoms with Crippen LogP contribution in [-0.2, 0) is 6.42 Å². The fraction of sp³-hybridized carbons (Fsp3) is 0.368. The van der Waals surface area contributed by atoms with Crippen LogP contribution in [0.25, 0.3) is 0 Å². The van der Waals surface area contributed by atoms with Gasteiger partial charge in [0.25, 0.3) is 11.8 Å². The molecule has 28 heavy (non-hydrogen) atoms. The molecule has 9 heteroatoms. The number of aliphatic hydroxyl groups is 1. The van der Waals surface area contributed by atoms with Crippen molar-refractivity contribution in [1.29, 1.82) is 0 Å². The molecule has 150 valence electrons. The van der Waals surface area contributed by atoms with Crippen molar-refractivity contribution in [1.82, 2.24) is 10.6 Å². The number of carbonyl (C=O) groups excluding carboxylic acids is 2. The Morgan fingerprint density at radius 1 is 1.43 bits per heavy atom. The third kappa shape index (κ3) is 4.47. The van der Waals surface area contributed by atoms with Crippen LogP contribution >= 0.6 is 33.9 Å². The standard InChI is InChI=1S/C19H21FIN3O3S/c1-19(2)8-11-14(16(26)22-5-6-25)18(28-15(11)17(27)23-9-19)24-13-4-3-10(21)7-12(13)20/h3-4,7,24-25H,5-6,8-9H2,1-2H3,(H,22,26)(H,23,27). The zero-order chi connectivity index (χ0) is 20.5. The molecule has 0 bridgehead atoms. The summed E-state index contributed by atoms with van der Waals surface area (Å²) in [5.74, 6) is -1.08. The normalized spacial score (nSPS) is 15.4. The Hall–Kier alpha value is -1.72. The van der Waals surface area contributed by atoms with Crippen LogP contribution in [0.1, 0.15) is 39.4 Å². The van der Waals surface area contributed by atoms with Crippen molar-refractivity contribution in [3.8, 4) is 0 Å². The molecule has 0 atom stereocenters. The smallest absolute Gasteiger partial charge is 0.261 e.